The Kier molecular flexibility index (Phi) is 6.95. The molecule has 28 heavy (non-hydrogen) atoms. The molecule has 0 spiro atoms. The predicted octanol–water partition coefficient (Wildman–Crippen LogP) is 8.15. The average Bonchev–Trinajstić information content (AvgIpc) is 2.63. The van der Waals surface area contributed by atoms with Crippen LogP contribution in [0.5, 0.6) is 11.5 Å². The summed E-state index contributed by atoms with van der Waals surface area (Å²) in [5.41, 5.74) is 0. The van der Waals surface area contributed by atoms with E-state index in [9.17, 15) is 0 Å². The van der Waals surface area contributed by atoms with Crippen LogP contribution < -0.4 is 9.47 Å². The van der Waals surface area contributed by atoms with Gasteiger partial charge in [-0.25, -0.2) is 0 Å². The Labute approximate surface area is 177 Å². The van der Waals surface area contributed by atoms with Crippen molar-refractivity contribution in [3.05, 3.63) is 46.4 Å². The van der Waals surface area contributed by atoms with Gasteiger partial charge in [-0.3, -0.25) is 0 Å². The Hall–Kier alpha value is -1.64. The maximum absolute atomic E-state index is 6.63. The van der Waals surface area contributed by atoms with Gasteiger partial charge in [-0.1, -0.05) is 75.2 Å². The molecule has 0 saturated carbocycles. The maximum Gasteiger partial charge on any atom is 0.136 e. The maximum atomic E-state index is 6.63. The minimum absolute atomic E-state index is 0.565. The highest BCUT2D eigenvalue weighted by molar-refractivity contribution is 6.40. The summed E-state index contributed by atoms with van der Waals surface area (Å²) in [5.74, 6) is 2.70. The van der Waals surface area contributed by atoms with Crippen LogP contribution in [0.1, 0.15) is 40.5 Å². The van der Waals surface area contributed by atoms with E-state index in [0.717, 1.165) is 45.9 Å². The molecule has 3 rings (SSSR count). The summed E-state index contributed by atoms with van der Waals surface area (Å²) in [6, 6.07) is 11.7. The van der Waals surface area contributed by atoms with E-state index in [1.165, 1.54) is 0 Å². The third-order valence-corrected chi connectivity index (χ3v) is 5.48. The molecule has 0 amide bonds. The molecular formula is C24H28Cl2O2. The van der Waals surface area contributed by atoms with Crippen LogP contribution in [0.3, 0.4) is 0 Å². The highest BCUT2D eigenvalue weighted by atomic mass is 35.5. The second-order valence-corrected chi connectivity index (χ2v) is 8.86. The Morgan fingerprint density at radius 3 is 1.43 bits per heavy atom. The number of halogens is 2. The van der Waals surface area contributed by atoms with Crippen LogP contribution in [0.2, 0.25) is 10.0 Å². The molecule has 0 unspecified atom stereocenters. The molecule has 0 aromatic heterocycles. The molecule has 0 saturated heterocycles. The van der Waals surface area contributed by atoms with Crippen LogP contribution in [-0.2, 0) is 0 Å². The zero-order valence-electron chi connectivity index (χ0n) is 17.0. The van der Waals surface area contributed by atoms with Crippen molar-refractivity contribution in [1.82, 2.24) is 0 Å². The van der Waals surface area contributed by atoms with Crippen molar-refractivity contribution in [2.75, 3.05) is 13.2 Å². The SMILES string of the molecule is CC(C)CCOc1c2cccc(Cl)c2c(OCCC(C)C)c2cccc(Cl)c12. The number of ether oxygens (including phenoxy) is 2. The molecule has 0 N–H and O–H groups in total. The lowest BCUT2D eigenvalue weighted by Gasteiger charge is -2.20. The van der Waals surface area contributed by atoms with E-state index >= 15 is 0 Å². The summed E-state index contributed by atoms with van der Waals surface area (Å²) in [6.45, 7) is 10.0. The van der Waals surface area contributed by atoms with E-state index in [0.29, 0.717) is 35.1 Å². The fraction of sp³-hybridized carbons (Fsp3) is 0.417. The van der Waals surface area contributed by atoms with Gasteiger partial charge in [0.1, 0.15) is 11.5 Å². The van der Waals surface area contributed by atoms with Crippen molar-refractivity contribution in [2.24, 2.45) is 11.8 Å². The largest absolute Gasteiger partial charge is 0.492 e. The van der Waals surface area contributed by atoms with Crippen LogP contribution in [0.4, 0.5) is 0 Å². The molecule has 4 heteroatoms. The van der Waals surface area contributed by atoms with Gasteiger partial charge in [0, 0.05) is 21.5 Å². The van der Waals surface area contributed by atoms with E-state index in [1.807, 2.05) is 36.4 Å². The van der Waals surface area contributed by atoms with Gasteiger partial charge in [0.25, 0.3) is 0 Å². The van der Waals surface area contributed by atoms with Crippen molar-refractivity contribution in [3.8, 4) is 11.5 Å². The second-order valence-electron chi connectivity index (χ2n) is 8.05. The molecule has 0 radical (unpaired) electrons. The lowest BCUT2D eigenvalue weighted by Crippen LogP contribution is -2.05. The van der Waals surface area contributed by atoms with E-state index in [2.05, 4.69) is 27.7 Å². The highest BCUT2D eigenvalue weighted by Crippen LogP contribution is 2.47. The van der Waals surface area contributed by atoms with E-state index in [-0.39, 0.29) is 0 Å². The summed E-state index contributed by atoms with van der Waals surface area (Å²) < 4.78 is 12.6. The number of rotatable bonds is 8. The molecule has 0 fully saturated rings. The second kappa shape index (κ2) is 9.24. The number of hydrogen-bond acceptors (Lipinski definition) is 2. The molecule has 150 valence electrons. The van der Waals surface area contributed by atoms with Crippen molar-refractivity contribution in [1.29, 1.82) is 0 Å². The Bertz CT molecular complexity index is 884. The van der Waals surface area contributed by atoms with Crippen LogP contribution in [0.25, 0.3) is 21.5 Å². The molecule has 0 aliphatic rings. The van der Waals surface area contributed by atoms with Crippen LogP contribution in [-0.4, -0.2) is 13.2 Å². The molecule has 3 aromatic carbocycles. The smallest absolute Gasteiger partial charge is 0.136 e. The number of benzene rings is 3. The molecule has 3 aromatic rings. The molecule has 0 atom stereocenters. The van der Waals surface area contributed by atoms with E-state index in [4.69, 9.17) is 32.7 Å². The van der Waals surface area contributed by atoms with Gasteiger partial charge in [-0.2, -0.15) is 0 Å². The first-order valence-electron chi connectivity index (χ1n) is 9.98. The molecule has 2 nitrogen and oxygen atoms in total. The van der Waals surface area contributed by atoms with Gasteiger partial charge in [-0.05, 0) is 36.8 Å². The molecule has 0 bridgehead atoms. The van der Waals surface area contributed by atoms with Gasteiger partial charge < -0.3 is 9.47 Å². The normalized spacial score (nSPS) is 11.7. The van der Waals surface area contributed by atoms with Gasteiger partial charge in [0.15, 0.2) is 0 Å². The molecular weight excluding hydrogens is 391 g/mol. The summed E-state index contributed by atoms with van der Waals surface area (Å²) >= 11 is 13.3. The Morgan fingerprint density at radius 1 is 0.679 bits per heavy atom. The zero-order chi connectivity index (χ0) is 20.3. The van der Waals surface area contributed by atoms with Crippen molar-refractivity contribution in [2.45, 2.75) is 40.5 Å². The standard InChI is InChI=1S/C24H28Cl2O2/c1-15(2)11-13-27-23-17-7-5-10-20(26)22(17)24(28-14-12-16(3)4)18-8-6-9-19(25)21(18)23/h5-10,15-16H,11-14H2,1-4H3. The third-order valence-electron chi connectivity index (χ3n) is 4.85. The zero-order valence-corrected chi connectivity index (χ0v) is 18.5. The number of fused-ring (bicyclic) bond motifs is 2. The van der Waals surface area contributed by atoms with Crippen molar-refractivity contribution >= 4 is 44.7 Å². The van der Waals surface area contributed by atoms with Crippen LogP contribution >= 0.6 is 23.2 Å². The van der Waals surface area contributed by atoms with Crippen molar-refractivity contribution in [3.63, 3.8) is 0 Å². The summed E-state index contributed by atoms with van der Waals surface area (Å²) in [6.07, 6.45) is 1.95. The summed E-state index contributed by atoms with van der Waals surface area (Å²) in [7, 11) is 0. The van der Waals surface area contributed by atoms with Gasteiger partial charge in [-0.15, -0.1) is 0 Å². The van der Waals surface area contributed by atoms with Crippen molar-refractivity contribution < 1.29 is 9.47 Å². The Morgan fingerprint density at radius 2 is 1.07 bits per heavy atom. The highest BCUT2D eigenvalue weighted by Gasteiger charge is 2.20. The fourth-order valence-corrected chi connectivity index (χ4v) is 3.77. The predicted molar refractivity (Wildman–Crippen MR) is 121 cm³/mol. The van der Waals surface area contributed by atoms with Gasteiger partial charge >= 0.3 is 0 Å². The monoisotopic (exact) mass is 418 g/mol. The first-order chi connectivity index (χ1) is 13.4. The quantitative estimate of drug-likeness (QED) is 0.343. The van der Waals surface area contributed by atoms with Crippen LogP contribution in [0.15, 0.2) is 36.4 Å². The topological polar surface area (TPSA) is 18.5 Å². The lowest BCUT2D eigenvalue weighted by atomic mass is 10.00. The molecule has 0 heterocycles. The van der Waals surface area contributed by atoms with Gasteiger partial charge in [0.05, 0.1) is 23.3 Å². The van der Waals surface area contributed by atoms with E-state index < -0.39 is 0 Å². The first kappa shape index (κ1) is 21.1. The van der Waals surface area contributed by atoms with Crippen LogP contribution in [0, 0.1) is 11.8 Å². The van der Waals surface area contributed by atoms with Gasteiger partial charge in [0.2, 0.25) is 0 Å². The molecule has 0 aliphatic carbocycles. The molecule has 0 aliphatic heterocycles. The minimum atomic E-state index is 0.565. The summed E-state index contributed by atoms with van der Waals surface area (Å²) in [4.78, 5) is 0. The third kappa shape index (κ3) is 4.50. The number of hydrogen-bond donors (Lipinski definition) is 0. The first-order valence-corrected chi connectivity index (χ1v) is 10.7. The van der Waals surface area contributed by atoms with E-state index in [1.54, 1.807) is 0 Å². The lowest BCUT2D eigenvalue weighted by molar-refractivity contribution is 0.291. The summed E-state index contributed by atoms with van der Waals surface area (Å²) in [5, 5.41) is 4.98. The minimum Gasteiger partial charge on any atom is -0.492 e. The Balaban J connectivity index is 2.22. The average molecular weight is 419 g/mol. The fourth-order valence-electron chi connectivity index (χ4n) is 3.25.